The Hall–Kier alpha value is -1.39. The van der Waals surface area contributed by atoms with Crippen molar-refractivity contribution < 1.29 is 4.74 Å². The van der Waals surface area contributed by atoms with Crippen LogP contribution in [0.4, 0.5) is 0 Å². The molecule has 4 heteroatoms. The Morgan fingerprint density at radius 1 is 1.30 bits per heavy atom. The summed E-state index contributed by atoms with van der Waals surface area (Å²) < 4.78 is 7.85. The molecule has 4 rings (SSSR count). The van der Waals surface area contributed by atoms with Gasteiger partial charge in [-0.1, -0.05) is 18.2 Å². The molecule has 1 aliphatic heterocycles. The van der Waals surface area contributed by atoms with Crippen molar-refractivity contribution in [1.29, 1.82) is 0 Å². The highest BCUT2D eigenvalue weighted by Crippen LogP contribution is 2.38. The standard InChI is InChI=1S/C16H21N3O/c1-19-15-5-3-2-4-12(15)14(18-19)10-17-13-8-9-20-16(13)11-6-7-11/h2-5,11,13,16-17H,6-10H2,1H3. The molecular weight excluding hydrogens is 250 g/mol. The van der Waals surface area contributed by atoms with Crippen LogP contribution in [0.5, 0.6) is 0 Å². The Morgan fingerprint density at radius 2 is 2.15 bits per heavy atom. The van der Waals surface area contributed by atoms with Crippen LogP contribution in [0.15, 0.2) is 24.3 Å². The normalized spacial score (nSPS) is 26.4. The third kappa shape index (κ3) is 2.13. The molecule has 0 bridgehead atoms. The average molecular weight is 271 g/mol. The maximum absolute atomic E-state index is 5.88. The van der Waals surface area contributed by atoms with Crippen molar-refractivity contribution in [2.45, 2.75) is 38.0 Å². The minimum absolute atomic E-state index is 0.435. The van der Waals surface area contributed by atoms with Crippen LogP contribution < -0.4 is 5.32 Å². The first-order valence-electron chi connectivity index (χ1n) is 7.58. The Bertz CT molecular complexity index is 617. The second kappa shape index (κ2) is 4.86. The predicted octanol–water partition coefficient (Wildman–Crippen LogP) is 2.23. The van der Waals surface area contributed by atoms with E-state index in [9.17, 15) is 0 Å². The number of hydrogen-bond acceptors (Lipinski definition) is 3. The van der Waals surface area contributed by atoms with E-state index in [1.165, 1.54) is 23.7 Å². The molecule has 1 aromatic carbocycles. The first-order chi connectivity index (χ1) is 9.83. The lowest BCUT2D eigenvalue weighted by molar-refractivity contribution is 0.0808. The smallest absolute Gasteiger partial charge is 0.0841 e. The molecule has 2 aliphatic rings. The summed E-state index contributed by atoms with van der Waals surface area (Å²) in [6, 6.07) is 8.93. The Balaban J connectivity index is 1.50. The Morgan fingerprint density at radius 3 is 3.00 bits per heavy atom. The van der Waals surface area contributed by atoms with Crippen molar-refractivity contribution in [3.05, 3.63) is 30.0 Å². The van der Waals surface area contributed by atoms with Gasteiger partial charge in [0.1, 0.15) is 0 Å². The van der Waals surface area contributed by atoms with Gasteiger partial charge in [-0.05, 0) is 31.2 Å². The third-order valence-electron chi connectivity index (χ3n) is 4.59. The maximum Gasteiger partial charge on any atom is 0.0841 e. The average Bonchev–Trinajstić information content (AvgIpc) is 3.13. The second-order valence-electron chi connectivity index (χ2n) is 6.04. The van der Waals surface area contributed by atoms with Gasteiger partial charge in [-0.2, -0.15) is 5.10 Å². The van der Waals surface area contributed by atoms with Crippen LogP contribution in [0.25, 0.3) is 10.9 Å². The fourth-order valence-corrected chi connectivity index (χ4v) is 3.37. The summed E-state index contributed by atoms with van der Waals surface area (Å²) in [6.07, 6.45) is 4.25. The van der Waals surface area contributed by atoms with E-state index < -0.39 is 0 Å². The molecule has 106 valence electrons. The van der Waals surface area contributed by atoms with Gasteiger partial charge in [0.25, 0.3) is 0 Å². The molecule has 2 unspecified atom stereocenters. The van der Waals surface area contributed by atoms with Crippen LogP contribution in [-0.4, -0.2) is 28.5 Å². The maximum atomic E-state index is 5.88. The fourth-order valence-electron chi connectivity index (χ4n) is 3.37. The number of fused-ring (bicyclic) bond motifs is 1. The van der Waals surface area contributed by atoms with E-state index in [4.69, 9.17) is 4.74 Å². The number of hydrogen-bond donors (Lipinski definition) is 1. The van der Waals surface area contributed by atoms with Crippen molar-refractivity contribution in [2.75, 3.05) is 6.61 Å². The van der Waals surface area contributed by atoms with Crippen molar-refractivity contribution in [1.82, 2.24) is 15.1 Å². The number of para-hydroxylation sites is 1. The molecule has 1 saturated heterocycles. The zero-order valence-electron chi connectivity index (χ0n) is 11.9. The van der Waals surface area contributed by atoms with E-state index in [0.717, 1.165) is 31.2 Å². The molecule has 2 fully saturated rings. The van der Waals surface area contributed by atoms with Gasteiger partial charge in [-0.25, -0.2) is 0 Å². The van der Waals surface area contributed by atoms with Crippen molar-refractivity contribution in [3.8, 4) is 0 Å². The molecule has 4 nitrogen and oxygen atoms in total. The Kier molecular flexibility index (Phi) is 3.00. The second-order valence-corrected chi connectivity index (χ2v) is 6.04. The number of nitrogens with one attached hydrogen (secondary N) is 1. The number of aryl methyl sites for hydroxylation is 1. The van der Waals surface area contributed by atoms with Crippen LogP contribution in [-0.2, 0) is 18.3 Å². The summed E-state index contributed by atoms with van der Waals surface area (Å²) in [5.41, 5.74) is 2.34. The summed E-state index contributed by atoms with van der Waals surface area (Å²) in [5.74, 6) is 0.801. The van der Waals surface area contributed by atoms with Crippen molar-refractivity contribution >= 4 is 10.9 Å². The quantitative estimate of drug-likeness (QED) is 0.927. The van der Waals surface area contributed by atoms with Gasteiger partial charge in [-0.3, -0.25) is 4.68 Å². The third-order valence-corrected chi connectivity index (χ3v) is 4.59. The summed E-state index contributed by atoms with van der Waals surface area (Å²) >= 11 is 0. The van der Waals surface area contributed by atoms with E-state index in [1.807, 2.05) is 11.7 Å². The monoisotopic (exact) mass is 271 g/mol. The molecule has 0 amide bonds. The lowest BCUT2D eigenvalue weighted by Crippen LogP contribution is -2.37. The number of benzene rings is 1. The molecule has 20 heavy (non-hydrogen) atoms. The van der Waals surface area contributed by atoms with Crippen molar-refractivity contribution in [3.63, 3.8) is 0 Å². The highest BCUT2D eigenvalue weighted by molar-refractivity contribution is 5.81. The number of ether oxygens (including phenoxy) is 1. The molecule has 2 heterocycles. The van der Waals surface area contributed by atoms with Gasteiger partial charge in [-0.15, -0.1) is 0 Å². The van der Waals surface area contributed by atoms with Gasteiger partial charge >= 0.3 is 0 Å². The number of rotatable bonds is 4. The topological polar surface area (TPSA) is 39.1 Å². The first-order valence-corrected chi connectivity index (χ1v) is 7.58. The summed E-state index contributed by atoms with van der Waals surface area (Å²) in [7, 11) is 2.01. The highest BCUT2D eigenvalue weighted by atomic mass is 16.5. The minimum atomic E-state index is 0.435. The van der Waals surface area contributed by atoms with Crippen LogP contribution in [0.2, 0.25) is 0 Å². The molecule has 1 saturated carbocycles. The number of aromatic nitrogens is 2. The molecule has 1 aromatic heterocycles. The van der Waals surface area contributed by atoms with Crippen LogP contribution in [0.3, 0.4) is 0 Å². The minimum Gasteiger partial charge on any atom is -0.376 e. The fraction of sp³-hybridized carbons (Fsp3) is 0.562. The molecule has 1 N–H and O–H groups in total. The zero-order chi connectivity index (χ0) is 13.5. The predicted molar refractivity (Wildman–Crippen MR) is 78.4 cm³/mol. The van der Waals surface area contributed by atoms with E-state index in [-0.39, 0.29) is 0 Å². The molecule has 2 atom stereocenters. The van der Waals surface area contributed by atoms with Crippen LogP contribution in [0.1, 0.15) is 25.0 Å². The van der Waals surface area contributed by atoms with Gasteiger partial charge in [0.2, 0.25) is 0 Å². The SMILES string of the molecule is Cn1nc(CNC2CCOC2C2CC2)c2ccccc21. The van der Waals surface area contributed by atoms with Crippen LogP contribution in [0, 0.1) is 5.92 Å². The summed E-state index contributed by atoms with van der Waals surface area (Å²) in [6.45, 7) is 1.74. The van der Waals surface area contributed by atoms with Gasteiger partial charge < -0.3 is 10.1 Å². The van der Waals surface area contributed by atoms with E-state index in [1.54, 1.807) is 0 Å². The van der Waals surface area contributed by atoms with E-state index in [2.05, 4.69) is 34.7 Å². The van der Waals surface area contributed by atoms with Gasteiger partial charge in [0, 0.05) is 31.6 Å². The Labute approximate surface area is 119 Å². The highest BCUT2D eigenvalue weighted by Gasteiger charge is 2.40. The first kappa shape index (κ1) is 12.4. The molecule has 2 aromatic rings. The van der Waals surface area contributed by atoms with Gasteiger partial charge in [0.05, 0.1) is 17.3 Å². The molecule has 0 radical (unpaired) electrons. The number of nitrogens with zero attached hydrogens (tertiary/aromatic N) is 2. The molecular formula is C16H21N3O. The molecule has 0 spiro atoms. The molecule has 1 aliphatic carbocycles. The van der Waals surface area contributed by atoms with E-state index >= 15 is 0 Å². The largest absolute Gasteiger partial charge is 0.376 e. The van der Waals surface area contributed by atoms with Crippen LogP contribution >= 0.6 is 0 Å². The van der Waals surface area contributed by atoms with Crippen molar-refractivity contribution in [2.24, 2.45) is 13.0 Å². The van der Waals surface area contributed by atoms with E-state index in [0.29, 0.717) is 12.1 Å². The lowest BCUT2D eigenvalue weighted by atomic mass is 10.1. The summed E-state index contributed by atoms with van der Waals surface area (Å²) in [5, 5.41) is 9.58. The summed E-state index contributed by atoms with van der Waals surface area (Å²) in [4.78, 5) is 0. The van der Waals surface area contributed by atoms with Gasteiger partial charge in [0.15, 0.2) is 0 Å². The lowest BCUT2D eigenvalue weighted by Gasteiger charge is -2.18. The zero-order valence-corrected chi connectivity index (χ0v) is 11.9.